The molecule has 2 aliphatic rings. The molecule has 0 bridgehead atoms. The van der Waals surface area contributed by atoms with Crippen molar-refractivity contribution < 1.29 is 19.1 Å². The average Bonchev–Trinajstić information content (AvgIpc) is 2.71. The normalized spacial score (nSPS) is 27.5. The number of hydrogen-bond donors (Lipinski definition) is 0. The van der Waals surface area contributed by atoms with Gasteiger partial charge in [0.25, 0.3) is 0 Å². The standard InChI is InChI=1S/C21H33NO4/c1-8-25-17(23)13-11-14-15(19(24)26-9-2)10-12-16-18(14)21(5,6)22(7)20(16,3)4/h11,13-15H,8-10,12H2,1-7H3/b13-11+. The van der Waals surface area contributed by atoms with E-state index in [1.54, 1.807) is 6.92 Å². The summed E-state index contributed by atoms with van der Waals surface area (Å²) < 4.78 is 10.4. The lowest BCUT2D eigenvalue weighted by Crippen LogP contribution is -2.48. The number of hydrogen-bond acceptors (Lipinski definition) is 5. The van der Waals surface area contributed by atoms with Crippen LogP contribution in [0.4, 0.5) is 0 Å². The molecule has 1 aliphatic carbocycles. The summed E-state index contributed by atoms with van der Waals surface area (Å²) in [5, 5.41) is 0. The summed E-state index contributed by atoms with van der Waals surface area (Å²) in [6.45, 7) is 13.2. The van der Waals surface area contributed by atoms with Gasteiger partial charge in [0.05, 0.1) is 19.1 Å². The maximum atomic E-state index is 12.6. The summed E-state index contributed by atoms with van der Waals surface area (Å²) >= 11 is 0. The Kier molecular flexibility index (Phi) is 6.01. The third-order valence-corrected chi connectivity index (χ3v) is 6.19. The Morgan fingerprint density at radius 1 is 1.12 bits per heavy atom. The van der Waals surface area contributed by atoms with Crippen molar-refractivity contribution in [2.45, 2.75) is 65.5 Å². The van der Waals surface area contributed by atoms with Gasteiger partial charge in [-0.2, -0.15) is 0 Å². The Morgan fingerprint density at radius 3 is 2.31 bits per heavy atom. The molecule has 0 radical (unpaired) electrons. The van der Waals surface area contributed by atoms with E-state index in [0.717, 1.165) is 12.8 Å². The van der Waals surface area contributed by atoms with Crippen molar-refractivity contribution in [3.63, 3.8) is 0 Å². The van der Waals surface area contributed by atoms with Crippen LogP contribution < -0.4 is 0 Å². The van der Waals surface area contributed by atoms with Crippen LogP contribution in [0.2, 0.25) is 0 Å². The molecule has 2 unspecified atom stereocenters. The highest BCUT2D eigenvalue weighted by atomic mass is 16.5. The maximum absolute atomic E-state index is 12.6. The molecular formula is C21H33NO4. The second kappa shape index (κ2) is 7.55. The second-order valence-corrected chi connectivity index (χ2v) is 8.10. The van der Waals surface area contributed by atoms with E-state index in [-0.39, 0.29) is 34.9 Å². The molecule has 146 valence electrons. The highest BCUT2D eigenvalue weighted by Crippen LogP contribution is 2.54. The first-order chi connectivity index (χ1) is 12.1. The molecule has 26 heavy (non-hydrogen) atoms. The fraction of sp³-hybridized carbons (Fsp3) is 0.714. The minimum absolute atomic E-state index is 0.0749. The molecule has 0 aromatic heterocycles. The first-order valence-electron chi connectivity index (χ1n) is 9.58. The molecule has 0 fully saturated rings. The van der Waals surface area contributed by atoms with Crippen molar-refractivity contribution in [2.24, 2.45) is 11.8 Å². The molecule has 0 aromatic carbocycles. The topological polar surface area (TPSA) is 55.8 Å². The number of carbonyl (C=O) groups excluding carboxylic acids is 2. The molecule has 0 saturated heterocycles. The second-order valence-electron chi connectivity index (χ2n) is 8.10. The zero-order chi connectivity index (χ0) is 19.7. The fourth-order valence-corrected chi connectivity index (χ4v) is 4.63. The summed E-state index contributed by atoms with van der Waals surface area (Å²) in [6.07, 6.45) is 4.94. The first kappa shape index (κ1) is 20.7. The summed E-state index contributed by atoms with van der Waals surface area (Å²) in [5.74, 6) is -0.964. The number of esters is 2. The Balaban J connectivity index is 2.50. The monoisotopic (exact) mass is 363 g/mol. The van der Waals surface area contributed by atoms with Gasteiger partial charge in [-0.05, 0) is 72.6 Å². The van der Waals surface area contributed by atoms with Gasteiger partial charge in [-0.25, -0.2) is 4.79 Å². The Bertz CT molecular complexity index is 630. The van der Waals surface area contributed by atoms with Gasteiger partial charge < -0.3 is 9.47 Å². The quantitative estimate of drug-likeness (QED) is 0.425. The Labute approximate surface area is 157 Å². The molecule has 2 rings (SSSR count). The van der Waals surface area contributed by atoms with Crippen LogP contribution in [-0.4, -0.2) is 48.2 Å². The van der Waals surface area contributed by atoms with E-state index in [1.165, 1.54) is 17.2 Å². The first-order valence-corrected chi connectivity index (χ1v) is 9.58. The molecule has 5 nitrogen and oxygen atoms in total. The van der Waals surface area contributed by atoms with Crippen molar-refractivity contribution >= 4 is 11.9 Å². The summed E-state index contributed by atoms with van der Waals surface area (Å²) in [5.41, 5.74) is 2.35. The summed E-state index contributed by atoms with van der Waals surface area (Å²) in [4.78, 5) is 26.9. The van der Waals surface area contributed by atoms with Gasteiger partial charge in [0.15, 0.2) is 0 Å². The predicted molar refractivity (Wildman–Crippen MR) is 102 cm³/mol. The SMILES string of the molecule is CCOC(=O)/C=C/C1C2=C(CCC1C(=O)OCC)C(C)(C)N(C)C2(C)C. The molecule has 0 amide bonds. The lowest BCUT2D eigenvalue weighted by molar-refractivity contribution is -0.149. The van der Waals surface area contributed by atoms with E-state index in [4.69, 9.17) is 9.47 Å². The molecule has 0 aromatic rings. The van der Waals surface area contributed by atoms with Crippen molar-refractivity contribution in [1.29, 1.82) is 0 Å². The highest BCUT2D eigenvalue weighted by molar-refractivity contribution is 5.82. The number of ether oxygens (including phenoxy) is 2. The highest BCUT2D eigenvalue weighted by Gasteiger charge is 2.53. The van der Waals surface area contributed by atoms with E-state index < -0.39 is 0 Å². The van der Waals surface area contributed by atoms with Crippen LogP contribution in [0.5, 0.6) is 0 Å². The van der Waals surface area contributed by atoms with Crippen LogP contribution in [0.25, 0.3) is 0 Å². The van der Waals surface area contributed by atoms with Crippen molar-refractivity contribution in [3.05, 3.63) is 23.3 Å². The third kappa shape index (κ3) is 3.46. The van der Waals surface area contributed by atoms with Gasteiger partial charge in [-0.15, -0.1) is 0 Å². The predicted octanol–water partition coefficient (Wildman–Crippen LogP) is 3.49. The molecule has 0 N–H and O–H groups in total. The van der Waals surface area contributed by atoms with Gasteiger partial charge in [0.1, 0.15) is 0 Å². The minimum atomic E-state index is -0.369. The van der Waals surface area contributed by atoms with Crippen molar-refractivity contribution in [3.8, 4) is 0 Å². The molecule has 1 heterocycles. The maximum Gasteiger partial charge on any atom is 0.330 e. The molecule has 0 spiro atoms. The molecule has 5 heteroatoms. The lowest BCUT2D eigenvalue weighted by Gasteiger charge is -2.40. The lowest BCUT2D eigenvalue weighted by atomic mass is 9.69. The third-order valence-electron chi connectivity index (χ3n) is 6.19. The Hall–Kier alpha value is -1.62. The van der Waals surface area contributed by atoms with Crippen LogP contribution in [0, 0.1) is 11.8 Å². The van der Waals surface area contributed by atoms with E-state index in [9.17, 15) is 9.59 Å². The molecule has 0 saturated carbocycles. The largest absolute Gasteiger partial charge is 0.466 e. The van der Waals surface area contributed by atoms with Crippen LogP contribution in [0.3, 0.4) is 0 Å². The zero-order valence-electron chi connectivity index (χ0n) is 17.2. The summed E-state index contributed by atoms with van der Waals surface area (Å²) in [6, 6.07) is 0. The number of allylic oxidation sites excluding steroid dienone is 1. The van der Waals surface area contributed by atoms with Crippen LogP contribution in [0.15, 0.2) is 23.3 Å². The van der Waals surface area contributed by atoms with Crippen LogP contribution in [-0.2, 0) is 19.1 Å². The number of carbonyl (C=O) groups is 2. The van der Waals surface area contributed by atoms with Gasteiger partial charge in [0, 0.05) is 23.1 Å². The fourth-order valence-electron chi connectivity index (χ4n) is 4.63. The van der Waals surface area contributed by atoms with E-state index in [2.05, 4.69) is 39.6 Å². The number of likely N-dealkylation sites (N-methyl/N-ethyl adjacent to an activating group) is 1. The van der Waals surface area contributed by atoms with E-state index in [1.807, 2.05) is 13.0 Å². The molecular weight excluding hydrogens is 330 g/mol. The van der Waals surface area contributed by atoms with Gasteiger partial charge in [-0.1, -0.05) is 6.08 Å². The van der Waals surface area contributed by atoms with Crippen molar-refractivity contribution in [1.82, 2.24) is 4.90 Å². The molecule has 1 aliphatic heterocycles. The Morgan fingerprint density at radius 2 is 1.73 bits per heavy atom. The summed E-state index contributed by atoms with van der Waals surface area (Å²) in [7, 11) is 2.13. The van der Waals surface area contributed by atoms with Gasteiger partial charge in [0.2, 0.25) is 0 Å². The molecule has 2 atom stereocenters. The average molecular weight is 363 g/mol. The van der Waals surface area contributed by atoms with E-state index in [0.29, 0.717) is 13.2 Å². The number of nitrogens with zero attached hydrogens (tertiary/aromatic N) is 1. The zero-order valence-corrected chi connectivity index (χ0v) is 17.2. The van der Waals surface area contributed by atoms with Crippen molar-refractivity contribution in [2.75, 3.05) is 20.3 Å². The van der Waals surface area contributed by atoms with Crippen LogP contribution in [0.1, 0.15) is 54.4 Å². The minimum Gasteiger partial charge on any atom is -0.466 e. The van der Waals surface area contributed by atoms with Gasteiger partial charge in [-0.3, -0.25) is 9.69 Å². The number of rotatable bonds is 5. The smallest absolute Gasteiger partial charge is 0.330 e. The van der Waals surface area contributed by atoms with Gasteiger partial charge >= 0.3 is 11.9 Å². The van der Waals surface area contributed by atoms with E-state index >= 15 is 0 Å². The van der Waals surface area contributed by atoms with Crippen LogP contribution >= 0.6 is 0 Å².